The van der Waals surface area contributed by atoms with Crippen LogP contribution in [0.3, 0.4) is 0 Å². The van der Waals surface area contributed by atoms with Gasteiger partial charge in [-0.25, -0.2) is 0 Å². The largest absolute Gasteiger partial charge is 0.489 e. The van der Waals surface area contributed by atoms with E-state index in [2.05, 4.69) is 18.6 Å². The fraction of sp³-hybridized carbons (Fsp3) is 0.588. The quantitative estimate of drug-likeness (QED) is 0.275. The van der Waals surface area contributed by atoms with Crippen molar-refractivity contribution in [3.05, 3.63) is 17.2 Å². The second-order valence-corrected chi connectivity index (χ2v) is 6.95. The van der Waals surface area contributed by atoms with E-state index in [1.165, 1.54) is 24.6 Å². The summed E-state index contributed by atoms with van der Waals surface area (Å²) >= 11 is 8.06. The van der Waals surface area contributed by atoms with Crippen LogP contribution >= 0.6 is 23.4 Å². The molecule has 0 spiro atoms. The molecule has 122 valence electrons. The molecular formula is C17H24ClNO2S. The molecule has 0 N–H and O–H groups in total. The maximum absolute atomic E-state index is 6.53. The zero-order chi connectivity index (χ0) is 15.9. The molecule has 1 aliphatic carbocycles. The van der Waals surface area contributed by atoms with Crippen LogP contribution in [0, 0.1) is 5.92 Å². The van der Waals surface area contributed by atoms with Crippen LogP contribution in [0.5, 0.6) is 5.75 Å². The van der Waals surface area contributed by atoms with Gasteiger partial charge in [-0.3, -0.25) is 4.99 Å². The Bertz CT molecular complexity index is 502. The van der Waals surface area contributed by atoms with E-state index in [0.29, 0.717) is 17.6 Å². The summed E-state index contributed by atoms with van der Waals surface area (Å²) in [6.45, 7) is 8.56. The molecule has 1 aromatic rings. The lowest BCUT2D eigenvalue weighted by atomic mass is 9.89. The third-order valence-corrected chi connectivity index (χ3v) is 5.43. The van der Waals surface area contributed by atoms with Crippen LogP contribution < -0.4 is 4.74 Å². The van der Waals surface area contributed by atoms with Gasteiger partial charge in [-0.05, 0) is 57.4 Å². The van der Waals surface area contributed by atoms with E-state index in [9.17, 15) is 0 Å². The van der Waals surface area contributed by atoms with Gasteiger partial charge in [0.05, 0.1) is 27.6 Å². The van der Waals surface area contributed by atoms with Crippen molar-refractivity contribution in [3.8, 4) is 5.75 Å². The van der Waals surface area contributed by atoms with E-state index in [1.54, 1.807) is 0 Å². The molecule has 1 fully saturated rings. The van der Waals surface area contributed by atoms with Crippen molar-refractivity contribution in [2.75, 3.05) is 12.5 Å². The number of thioether (sulfide) groups is 1. The van der Waals surface area contributed by atoms with Crippen molar-refractivity contribution >= 4 is 35.8 Å². The molecule has 22 heavy (non-hydrogen) atoms. The Morgan fingerprint density at radius 1 is 1.32 bits per heavy atom. The van der Waals surface area contributed by atoms with Crippen LogP contribution in [0.2, 0.25) is 5.02 Å². The normalized spacial score (nSPS) is 21.6. The Morgan fingerprint density at radius 2 is 2.05 bits per heavy atom. The Hall–Kier alpha value is -0.710. The van der Waals surface area contributed by atoms with Gasteiger partial charge < -0.3 is 9.47 Å². The summed E-state index contributed by atoms with van der Waals surface area (Å²) in [6, 6.07) is 3.81. The van der Waals surface area contributed by atoms with Gasteiger partial charge in [0.25, 0.3) is 0 Å². The van der Waals surface area contributed by atoms with Gasteiger partial charge in [0, 0.05) is 6.61 Å². The van der Waals surface area contributed by atoms with E-state index >= 15 is 0 Å². The molecular weight excluding hydrogens is 318 g/mol. The van der Waals surface area contributed by atoms with Crippen molar-refractivity contribution in [3.63, 3.8) is 0 Å². The molecule has 3 nitrogen and oxygen atoms in total. The van der Waals surface area contributed by atoms with Crippen LogP contribution in [-0.2, 0) is 4.74 Å². The minimum Gasteiger partial charge on any atom is -0.489 e. The van der Waals surface area contributed by atoms with Crippen molar-refractivity contribution in [1.29, 1.82) is 0 Å². The van der Waals surface area contributed by atoms with Gasteiger partial charge in [0.15, 0.2) is 0 Å². The van der Waals surface area contributed by atoms with Crippen molar-refractivity contribution in [1.82, 2.24) is 0 Å². The molecule has 0 radical (unpaired) electrons. The summed E-state index contributed by atoms with van der Waals surface area (Å²) in [5, 5.41) is 0.619. The number of halogens is 1. The predicted octanol–water partition coefficient (Wildman–Crippen LogP) is 5.72. The summed E-state index contributed by atoms with van der Waals surface area (Å²) in [6.07, 6.45) is 4.91. The molecule has 0 aromatic heterocycles. The van der Waals surface area contributed by atoms with E-state index in [1.807, 2.05) is 19.1 Å². The minimum atomic E-state index is 0.265. The van der Waals surface area contributed by atoms with Gasteiger partial charge in [0.1, 0.15) is 5.75 Å². The van der Waals surface area contributed by atoms with Gasteiger partial charge >= 0.3 is 0 Å². The smallest absolute Gasteiger partial charge is 0.139 e. The Morgan fingerprint density at radius 3 is 2.68 bits per heavy atom. The Kier molecular flexibility index (Phi) is 7.06. The van der Waals surface area contributed by atoms with E-state index in [-0.39, 0.29) is 6.10 Å². The first-order valence-corrected chi connectivity index (χ1v) is 9.18. The average molecular weight is 342 g/mol. The molecule has 0 unspecified atom stereocenters. The molecule has 5 heteroatoms. The molecule has 1 saturated carbocycles. The zero-order valence-corrected chi connectivity index (χ0v) is 14.9. The summed E-state index contributed by atoms with van der Waals surface area (Å²) in [5.74, 6) is 2.09. The first kappa shape index (κ1) is 17.6. The first-order chi connectivity index (χ1) is 10.7. The van der Waals surface area contributed by atoms with E-state index in [0.717, 1.165) is 35.1 Å². The SMILES string of the molecule is C=Nc1ccc(OC2CCC(C)CC2)c(Cl)c1SCOCC. The van der Waals surface area contributed by atoms with E-state index < -0.39 is 0 Å². The summed E-state index contributed by atoms with van der Waals surface area (Å²) in [5.41, 5.74) is 0.777. The zero-order valence-electron chi connectivity index (χ0n) is 13.3. The van der Waals surface area contributed by atoms with Crippen LogP contribution in [0.15, 0.2) is 22.0 Å². The molecule has 0 heterocycles. The molecule has 1 aromatic carbocycles. The fourth-order valence-electron chi connectivity index (χ4n) is 2.59. The van der Waals surface area contributed by atoms with Crippen molar-refractivity contribution in [2.45, 2.75) is 50.5 Å². The number of ether oxygens (including phenoxy) is 2. The Balaban J connectivity index is 2.10. The van der Waals surface area contributed by atoms with E-state index in [4.69, 9.17) is 21.1 Å². The lowest BCUT2D eigenvalue weighted by Crippen LogP contribution is -2.23. The third-order valence-electron chi connectivity index (χ3n) is 3.96. The molecule has 0 aliphatic heterocycles. The maximum Gasteiger partial charge on any atom is 0.139 e. The Labute approximate surface area is 142 Å². The topological polar surface area (TPSA) is 30.8 Å². The standard InChI is InChI=1S/C17H24ClNO2S/c1-4-20-11-22-17-14(19-3)9-10-15(16(17)18)21-13-7-5-12(2)6-8-13/h9-10,12-13H,3-8,11H2,1-2H3. The summed E-state index contributed by atoms with van der Waals surface area (Å²) in [7, 11) is 0. The van der Waals surface area contributed by atoms with Gasteiger partial charge in [-0.15, -0.1) is 0 Å². The van der Waals surface area contributed by atoms with Crippen LogP contribution in [0.1, 0.15) is 39.5 Å². The average Bonchev–Trinajstić information content (AvgIpc) is 2.53. The highest BCUT2D eigenvalue weighted by molar-refractivity contribution is 7.99. The lowest BCUT2D eigenvalue weighted by molar-refractivity contribution is 0.135. The lowest BCUT2D eigenvalue weighted by Gasteiger charge is -2.27. The third kappa shape index (κ3) is 4.64. The highest BCUT2D eigenvalue weighted by Gasteiger charge is 2.21. The fourth-order valence-corrected chi connectivity index (χ4v) is 3.84. The molecule has 0 atom stereocenters. The predicted molar refractivity (Wildman–Crippen MR) is 95.1 cm³/mol. The van der Waals surface area contributed by atoms with Gasteiger partial charge in [-0.1, -0.05) is 30.3 Å². The molecule has 1 aliphatic rings. The van der Waals surface area contributed by atoms with Crippen LogP contribution in [-0.4, -0.2) is 25.4 Å². The molecule has 2 rings (SSSR count). The van der Waals surface area contributed by atoms with Gasteiger partial charge in [-0.2, -0.15) is 0 Å². The highest BCUT2D eigenvalue weighted by atomic mass is 35.5. The summed E-state index contributed by atoms with van der Waals surface area (Å²) < 4.78 is 11.5. The highest BCUT2D eigenvalue weighted by Crippen LogP contribution is 2.42. The second-order valence-electron chi connectivity index (χ2n) is 5.64. The molecule has 0 amide bonds. The number of rotatable bonds is 7. The van der Waals surface area contributed by atoms with Crippen LogP contribution in [0.4, 0.5) is 5.69 Å². The minimum absolute atomic E-state index is 0.265. The monoisotopic (exact) mass is 341 g/mol. The first-order valence-electron chi connectivity index (χ1n) is 7.82. The van der Waals surface area contributed by atoms with Crippen molar-refractivity contribution in [2.24, 2.45) is 10.9 Å². The van der Waals surface area contributed by atoms with Gasteiger partial charge in [0.2, 0.25) is 0 Å². The maximum atomic E-state index is 6.53. The van der Waals surface area contributed by atoms with Crippen LogP contribution in [0.25, 0.3) is 0 Å². The second kappa shape index (κ2) is 8.80. The number of hydrogen-bond donors (Lipinski definition) is 0. The number of aliphatic imine (C=N–C) groups is 1. The summed E-state index contributed by atoms with van der Waals surface area (Å²) in [4.78, 5) is 4.92. The number of hydrogen-bond acceptors (Lipinski definition) is 4. The molecule has 0 bridgehead atoms. The molecule has 0 saturated heterocycles. The number of nitrogens with zero attached hydrogens (tertiary/aromatic N) is 1. The van der Waals surface area contributed by atoms with Crippen molar-refractivity contribution < 1.29 is 9.47 Å². The number of benzene rings is 1.